The minimum atomic E-state index is -0.653. The van der Waals surface area contributed by atoms with Crippen LogP contribution >= 0.6 is 11.6 Å². The first-order valence-corrected chi connectivity index (χ1v) is 10.6. The second-order valence-electron chi connectivity index (χ2n) is 8.11. The summed E-state index contributed by atoms with van der Waals surface area (Å²) in [5.41, 5.74) is 3.40. The molecule has 0 aliphatic carbocycles. The number of rotatable bonds is 10. The van der Waals surface area contributed by atoms with Crippen LogP contribution in [0.25, 0.3) is 5.57 Å². The van der Waals surface area contributed by atoms with Crippen molar-refractivity contribution >= 4 is 29.2 Å². The van der Waals surface area contributed by atoms with Gasteiger partial charge in [-0.25, -0.2) is 4.79 Å². The summed E-state index contributed by atoms with van der Waals surface area (Å²) in [7, 11) is 0. The second kappa shape index (κ2) is 12.8. The zero-order valence-corrected chi connectivity index (χ0v) is 19.4. The van der Waals surface area contributed by atoms with Gasteiger partial charge in [-0.05, 0) is 63.3 Å². The predicted octanol–water partition coefficient (Wildman–Crippen LogP) is 5.37. The lowest BCUT2D eigenvalue weighted by Gasteiger charge is -2.25. The van der Waals surface area contributed by atoms with Gasteiger partial charge in [0.15, 0.2) is 0 Å². The molecule has 6 nitrogen and oxygen atoms in total. The van der Waals surface area contributed by atoms with Gasteiger partial charge in [-0.15, -0.1) is 0 Å². The van der Waals surface area contributed by atoms with E-state index in [2.05, 4.69) is 11.9 Å². The third-order valence-electron chi connectivity index (χ3n) is 4.32. The van der Waals surface area contributed by atoms with Crippen molar-refractivity contribution in [1.29, 1.82) is 5.26 Å². The molecule has 0 saturated carbocycles. The number of ether oxygens (including phenoxy) is 2. The maximum Gasteiger partial charge on any atom is 0.407 e. The van der Waals surface area contributed by atoms with E-state index in [4.69, 9.17) is 26.3 Å². The van der Waals surface area contributed by atoms with Crippen molar-refractivity contribution in [3.63, 3.8) is 0 Å². The van der Waals surface area contributed by atoms with Crippen LogP contribution < -0.4 is 5.32 Å². The van der Waals surface area contributed by atoms with Gasteiger partial charge >= 0.3 is 12.1 Å². The fraction of sp³-hybridized carbons (Fsp3) is 0.458. The van der Waals surface area contributed by atoms with Crippen LogP contribution in [0.5, 0.6) is 0 Å². The van der Waals surface area contributed by atoms with Crippen molar-refractivity contribution in [2.24, 2.45) is 5.92 Å². The lowest BCUT2D eigenvalue weighted by atomic mass is 9.92. The number of esters is 1. The van der Waals surface area contributed by atoms with Gasteiger partial charge in [-0.2, -0.15) is 5.26 Å². The molecule has 0 radical (unpaired) electrons. The Morgan fingerprint density at radius 2 is 1.94 bits per heavy atom. The zero-order chi connectivity index (χ0) is 23.4. The van der Waals surface area contributed by atoms with Crippen molar-refractivity contribution in [3.05, 3.63) is 53.6 Å². The zero-order valence-electron chi connectivity index (χ0n) is 18.6. The van der Waals surface area contributed by atoms with E-state index in [1.807, 2.05) is 30.3 Å². The number of amides is 1. The first kappa shape index (κ1) is 26.3. The van der Waals surface area contributed by atoms with E-state index < -0.39 is 29.6 Å². The number of benzene rings is 1. The Hall–Kier alpha value is -2.78. The summed E-state index contributed by atoms with van der Waals surface area (Å²) in [6.45, 7) is 11.2. The summed E-state index contributed by atoms with van der Waals surface area (Å²) in [4.78, 5) is 24.6. The van der Waals surface area contributed by atoms with E-state index in [1.54, 1.807) is 33.8 Å². The SMILES string of the molecule is C=C(C=CCl)c1ccc(CC(CC(CC#N)C(=O)OCC)NC(=O)OC(C)(C)C)cc1. The molecular formula is C24H31ClN2O4. The molecule has 1 N–H and O–H groups in total. The van der Waals surface area contributed by atoms with Crippen molar-refractivity contribution in [3.8, 4) is 6.07 Å². The van der Waals surface area contributed by atoms with Crippen molar-refractivity contribution in [1.82, 2.24) is 5.32 Å². The van der Waals surface area contributed by atoms with Crippen LogP contribution in [-0.2, 0) is 20.7 Å². The Balaban J connectivity index is 3.03. The van der Waals surface area contributed by atoms with E-state index in [9.17, 15) is 9.59 Å². The van der Waals surface area contributed by atoms with Gasteiger partial charge < -0.3 is 14.8 Å². The Bertz CT molecular complexity index is 819. The lowest BCUT2D eigenvalue weighted by molar-refractivity contribution is -0.148. The highest BCUT2D eigenvalue weighted by atomic mass is 35.5. The summed E-state index contributed by atoms with van der Waals surface area (Å²) in [5, 5.41) is 12.0. The van der Waals surface area contributed by atoms with Crippen molar-refractivity contribution < 1.29 is 19.1 Å². The van der Waals surface area contributed by atoms with Crippen LogP contribution in [0.1, 0.15) is 51.7 Å². The van der Waals surface area contributed by atoms with Gasteiger partial charge in [0.25, 0.3) is 0 Å². The summed E-state index contributed by atoms with van der Waals surface area (Å²) in [5.74, 6) is -1.09. The highest BCUT2D eigenvalue weighted by molar-refractivity contribution is 6.26. The van der Waals surface area contributed by atoms with Gasteiger partial charge in [-0.1, -0.05) is 42.4 Å². The average Bonchev–Trinajstić information content (AvgIpc) is 2.67. The smallest absolute Gasteiger partial charge is 0.407 e. The molecule has 168 valence electrons. The Labute approximate surface area is 189 Å². The number of alkyl carbamates (subject to hydrolysis) is 1. The Kier molecular flexibility index (Phi) is 10.8. The summed E-state index contributed by atoms with van der Waals surface area (Å²) in [6, 6.07) is 9.29. The molecule has 31 heavy (non-hydrogen) atoms. The molecule has 2 atom stereocenters. The second-order valence-corrected chi connectivity index (χ2v) is 8.36. The molecule has 0 bridgehead atoms. The predicted molar refractivity (Wildman–Crippen MR) is 122 cm³/mol. The summed E-state index contributed by atoms with van der Waals surface area (Å²) < 4.78 is 10.5. The number of nitriles is 1. The molecule has 0 aromatic heterocycles. The van der Waals surface area contributed by atoms with Gasteiger partial charge in [-0.3, -0.25) is 4.79 Å². The highest BCUT2D eigenvalue weighted by Gasteiger charge is 2.27. The van der Waals surface area contributed by atoms with Crippen LogP contribution in [0.3, 0.4) is 0 Å². The van der Waals surface area contributed by atoms with Crippen molar-refractivity contribution in [2.45, 2.75) is 58.6 Å². The topological polar surface area (TPSA) is 88.4 Å². The van der Waals surface area contributed by atoms with Crippen molar-refractivity contribution in [2.75, 3.05) is 6.61 Å². The monoisotopic (exact) mass is 446 g/mol. The number of allylic oxidation sites excluding steroid dienone is 2. The third kappa shape index (κ3) is 10.2. The third-order valence-corrected chi connectivity index (χ3v) is 4.44. The van der Waals surface area contributed by atoms with Crippen LogP contribution in [0.2, 0.25) is 0 Å². The quantitative estimate of drug-likeness (QED) is 0.385. The first-order chi connectivity index (χ1) is 14.6. The van der Waals surface area contributed by atoms with E-state index >= 15 is 0 Å². The molecule has 0 spiro atoms. The molecule has 2 unspecified atom stereocenters. The Morgan fingerprint density at radius 1 is 1.29 bits per heavy atom. The first-order valence-electron chi connectivity index (χ1n) is 10.2. The largest absolute Gasteiger partial charge is 0.466 e. The summed E-state index contributed by atoms with van der Waals surface area (Å²) >= 11 is 5.61. The molecule has 0 saturated heterocycles. The van der Waals surface area contributed by atoms with E-state index in [0.29, 0.717) is 6.42 Å². The van der Waals surface area contributed by atoms with Gasteiger partial charge in [0.05, 0.1) is 18.6 Å². The lowest BCUT2D eigenvalue weighted by Crippen LogP contribution is -2.42. The molecule has 0 aliphatic heterocycles. The maximum absolute atomic E-state index is 12.4. The van der Waals surface area contributed by atoms with Crippen LogP contribution in [-0.4, -0.2) is 30.3 Å². The number of nitrogens with one attached hydrogen (secondary N) is 1. The molecule has 1 aromatic rings. The minimum Gasteiger partial charge on any atom is -0.466 e. The van der Waals surface area contributed by atoms with E-state index in [1.165, 1.54) is 5.54 Å². The molecule has 0 fully saturated rings. The number of hydrogen-bond donors (Lipinski definition) is 1. The molecule has 0 heterocycles. The minimum absolute atomic E-state index is 0.00878. The molecule has 7 heteroatoms. The Morgan fingerprint density at radius 3 is 2.45 bits per heavy atom. The molecule has 0 aliphatic rings. The highest BCUT2D eigenvalue weighted by Crippen LogP contribution is 2.20. The molecule has 1 amide bonds. The molecule has 1 rings (SSSR count). The maximum atomic E-state index is 12.4. The fourth-order valence-electron chi connectivity index (χ4n) is 2.96. The van der Waals surface area contributed by atoms with Gasteiger partial charge in [0.1, 0.15) is 5.60 Å². The van der Waals surface area contributed by atoms with Crippen LogP contribution in [0, 0.1) is 17.2 Å². The molecule has 1 aromatic carbocycles. The number of hydrogen-bond acceptors (Lipinski definition) is 5. The standard InChI is InChI=1S/C24H31ClN2O4/c1-6-30-22(28)20(12-14-26)16-21(27-23(29)31-24(3,4)5)15-18-7-9-19(10-8-18)17(2)11-13-25/h7-11,13,20-21H,2,6,12,15-16H2,1,3-5H3,(H,27,29). The number of carbonyl (C=O) groups is 2. The summed E-state index contributed by atoms with van der Waals surface area (Å²) in [6.07, 6.45) is 1.85. The number of nitrogens with zero attached hydrogens (tertiary/aromatic N) is 1. The molecular weight excluding hydrogens is 416 g/mol. The van der Waals surface area contributed by atoms with E-state index in [-0.39, 0.29) is 19.4 Å². The van der Waals surface area contributed by atoms with Crippen LogP contribution in [0.4, 0.5) is 4.79 Å². The normalized spacial score (nSPS) is 13.2. The number of halogens is 1. The van der Waals surface area contributed by atoms with Gasteiger partial charge in [0, 0.05) is 18.0 Å². The van der Waals surface area contributed by atoms with Gasteiger partial charge in [0.2, 0.25) is 0 Å². The number of carbonyl (C=O) groups excluding carboxylic acids is 2. The fourth-order valence-corrected chi connectivity index (χ4v) is 3.11. The van der Waals surface area contributed by atoms with E-state index in [0.717, 1.165) is 16.7 Å². The average molecular weight is 447 g/mol. The van der Waals surface area contributed by atoms with Crippen LogP contribution in [0.15, 0.2) is 42.5 Å².